The number of hydrogen-bond acceptors (Lipinski definition) is 3. The molecule has 0 radical (unpaired) electrons. The van der Waals surface area contributed by atoms with Crippen LogP contribution in [0.1, 0.15) is 12.7 Å². The molecule has 1 aromatic carbocycles. The molecular weight excluding hydrogens is 357 g/mol. The highest BCUT2D eigenvalue weighted by atomic mass is 35.5. The van der Waals surface area contributed by atoms with Crippen molar-refractivity contribution < 1.29 is 18.0 Å². The molecule has 0 aliphatic carbocycles. The largest absolute Gasteiger partial charge is 0.406 e. The predicted octanol–water partition coefficient (Wildman–Crippen LogP) is 3.56. The van der Waals surface area contributed by atoms with Gasteiger partial charge in [0.2, 0.25) is 5.91 Å². The van der Waals surface area contributed by atoms with Gasteiger partial charge in [0.1, 0.15) is 12.4 Å². The van der Waals surface area contributed by atoms with E-state index in [2.05, 4.69) is 10.3 Å². The number of carbonyl (C=O) groups is 1. The van der Waals surface area contributed by atoms with Crippen LogP contribution >= 0.6 is 11.6 Å². The van der Waals surface area contributed by atoms with Crippen molar-refractivity contribution in [1.29, 1.82) is 0 Å². The van der Waals surface area contributed by atoms with E-state index in [1.807, 2.05) is 0 Å². The van der Waals surface area contributed by atoms with Crippen LogP contribution in [0, 0.1) is 0 Å². The molecule has 1 heterocycles. The molecule has 5 nitrogen and oxygen atoms in total. The van der Waals surface area contributed by atoms with E-state index in [0.717, 1.165) is 4.57 Å². The predicted molar refractivity (Wildman–Crippen MR) is 89.3 cm³/mol. The zero-order valence-corrected chi connectivity index (χ0v) is 14.5. The van der Waals surface area contributed by atoms with E-state index in [0.29, 0.717) is 10.7 Å². The Morgan fingerprint density at radius 3 is 2.60 bits per heavy atom. The molecule has 1 atom stereocenters. The Labute approximate surface area is 148 Å². The van der Waals surface area contributed by atoms with Crippen LogP contribution in [0.5, 0.6) is 0 Å². The summed E-state index contributed by atoms with van der Waals surface area (Å²) in [6.07, 6.45) is -1.74. The number of alkyl halides is 3. The SMILES string of the molecule is CC(C(=O)Nc1ccc(Cl)cc1)N(C)Cc1nccn1CC(F)(F)F. The number of hydrogen-bond donors (Lipinski definition) is 1. The number of anilines is 1. The molecule has 0 aliphatic heterocycles. The monoisotopic (exact) mass is 374 g/mol. The molecule has 0 bridgehead atoms. The minimum atomic E-state index is -4.33. The van der Waals surface area contributed by atoms with Gasteiger partial charge in [-0.25, -0.2) is 4.98 Å². The molecule has 2 aromatic rings. The quantitative estimate of drug-likeness (QED) is 0.841. The van der Waals surface area contributed by atoms with Gasteiger partial charge in [-0.05, 0) is 38.2 Å². The first-order chi connectivity index (χ1) is 11.7. The lowest BCUT2D eigenvalue weighted by molar-refractivity contribution is -0.141. The minimum Gasteiger partial charge on any atom is -0.325 e. The Hall–Kier alpha value is -2.06. The fraction of sp³-hybridized carbons (Fsp3) is 0.375. The molecule has 0 aliphatic rings. The van der Waals surface area contributed by atoms with Crippen molar-refractivity contribution in [3.8, 4) is 0 Å². The molecule has 0 spiro atoms. The molecule has 0 saturated heterocycles. The first kappa shape index (κ1) is 19.3. The lowest BCUT2D eigenvalue weighted by Gasteiger charge is -2.24. The second-order valence-corrected chi connectivity index (χ2v) is 6.11. The van der Waals surface area contributed by atoms with Crippen LogP contribution in [-0.2, 0) is 17.9 Å². The average molecular weight is 375 g/mol. The molecule has 1 amide bonds. The van der Waals surface area contributed by atoms with Crippen LogP contribution < -0.4 is 5.32 Å². The number of halogens is 4. The summed E-state index contributed by atoms with van der Waals surface area (Å²) in [6, 6.07) is 6.08. The van der Waals surface area contributed by atoms with E-state index in [9.17, 15) is 18.0 Å². The van der Waals surface area contributed by atoms with Crippen LogP contribution in [-0.4, -0.2) is 39.6 Å². The van der Waals surface area contributed by atoms with Gasteiger partial charge in [0.15, 0.2) is 0 Å². The van der Waals surface area contributed by atoms with E-state index in [1.165, 1.54) is 12.4 Å². The van der Waals surface area contributed by atoms with Crippen molar-refractivity contribution in [2.24, 2.45) is 0 Å². The highest BCUT2D eigenvalue weighted by Gasteiger charge is 2.29. The minimum absolute atomic E-state index is 0.109. The fourth-order valence-corrected chi connectivity index (χ4v) is 2.29. The fourth-order valence-electron chi connectivity index (χ4n) is 2.17. The normalized spacial score (nSPS) is 13.1. The van der Waals surface area contributed by atoms with Crippen molar-refractivity contribution in [1.82, 2.24) is 14.5 Å². The van der Waals surface area contributed by atoms with Gasteiger partial charge >= 0.3 is 6.18 Å². The molecule has 0 saturated carbocycles. The Morgan fingerprint density at radius 1 is 1.36 bits per heavy atom. The standard InChI is InChI=1S/C16H18ClF3N4O/c1-11(15(25)22-13-5-3-12(17)4-6-13)23(2)9-14-21-7-8-24(14)10-16(18,19)20/h3-8,11H,9-10H2,1-2H3,(H,22,25). The molecule has 1 unspecified atom stereocenters. The van der Waals surface area contributed by atoms with Gasteiger partial charge in [0.25, 0.3) is 0 Å². The van der Waals surface area contributed by atoms with Crippen molar-refractivity contribution in [2.45, 2.75) is 32.2 Å². The Bertz CT molecular complexity index is 715. The highest BCUT2D eigenvalue weighted by molar-refractivity contribution is 6.30. The van der Waals surface area contributed by atoms with Gasteiger partial charge in [-0.3, -0.25) is 9.69 Å². The van der Waals surface area contributed by atoms with Crippen molar-refractivity contribution >= 4 is 23.2 Å². The Kier molecular flexibility index (Phi) is 6.07. The van der Waals surface area contributed by atoms with Crippen LogP contribution in [0.25, 0.3) is 0 Å². The number of carbonyl (C=O) groups excluding carboxylic acids is 1. The van der Waals surface area contributed by atoms with Crippen LogP contribution in [0.2, 0.25) is 5.02 Å². The summed E-state index contributed by atoms with van der Waals surface area (Å²) >= 11 is 5.79. The maximum atomic E-state index is 12.6. The first-order valence-electron chi connectivity index (χ1n) is 7.49. The number of nitrogens with zero attached hydrogens (tertiary/aromatic N) is 3. The summed E-state index contributed by atoms with van der Waals surface area (Å²) in [6.45, 7) is 0.669. The highest BCUT2D eigenvalue weighted by Crippen LogP contribution is 2.19. The molecule has 136 valence electrons. The van der Waals surface area contributed by atoms with Gasteiger partial charge in [-0.2, -0.15) is 13.2 Å². The third-order valence-corrected chi connectivity index (χ3v) is 3.95. The summed E-state index contributed by atoms with van der Waals surface area (Å²) in [7, 11) is 1.65. The molecule has 25 heavy (non-hydrogen) atoms. The zero-order valence-electron chi connectivity index (χ0n) is 13.7. The molecule has 2 rings (SSSR count). The Morgan fingerprint density at radius 2 is 2.00 bits per heavy atom. The molecule has 0 fully saturated rings. The number of likely N-dealkylation sites (N-methyl/N-ethyl adjacent to an activating group) is 1. The summed E-state index contributed by atoms with van der Waals surface area (Å²) < 4.78 is 38.7. The molecule has 1 aromatic heterocycles. The second kappa shape index (κ2) is 7.88. The first-order valence-corrected chi connectivity index (χ1v) is 7.87. The van der Waals surface area contributed by atoms with Gasteiger partial charge in [0.05, 0.1) is 12.6 Å². The summed E-state index contributed by atoms with van der Waals surface area (Å²) in [5.74, 6) is -0.0373. The number of aromatic nitrogens is 2. The van der Waals surface area contributed by atoms with E-state index in [-0.39, 0.29) is 18.3 Å². The number of imidazole rings is 1. The summed E-state index contributed by atoms with van der Waals surface area (Å²) in [5, 5.41) is 3.29. The van der Waals surface area contributed by atoms with Crippen molar-refractivity contribution in [3.63, 3.8) is 0 Å². The van der Waals surface area contributed by atoms with Crippen LogP contribution in [0.4, 0.5) is 18.9 Å². The maximum Gasteiger partial charge on any atom is 0.406 e. The summed E-state index contributed by atoms with van der Waals surface area (Å²) in [4.78, 5) is 17.9. The van der Waals surface area contributed by atoms with E-state index >= 15 is 0 Å². The lowest BCUT2D eigenvalue weighted by Crippen LogP contribution is -2.39. The van der Waals surface area contributed by atoms with Crippen molar-refractivity contribution in [2.75, 3.05) is 12.4 Å². The third-order valence-electron chi connectivity index (χ3n) is 3.69. The summed E-state index contributed by atoms with van der Waals surface area (Å²) in [5.41, 5.74) is 0.591. The molecule has 1 N–H and O–H groups in total. The van der Waals surface area contributed by atoms with Gasteiger partial charge in [-0.1, -0.05) is 11.6 Å². The number of nitrogens with one attached hydrogen (secondary N) is 1. The Balaban J connectivity index is 1.98. The average Bonchev–Trinajstić information content (AvgIpc) is 2.93. The smallest absolute Gasteiger partial charge is 0.325 e. The van der Waals surface area contributed by atoms with Gasteiger partial charge in [0, 0.05) is 23.1 Å². The number of amides is 1. The number of rotatable bonds is 6. The lowest BCUT2D eigenvalue weighted by atomic mass is 10.2. The van der Waals surface area contributed by atoms with Crippen LogP contribution in [0.3, 0.4) is 0 Å². The zero-order chi connectivity index (χ0) is 18.6. The topological polar surface area (TPSA) is 50.2 Å². The van der Waals surface area contributed by atoms with E-state index in [1.54, 1.807) is 43.1 Å². The van der Waals surface area contributed by atoms with Gasteiger partial charge in [-0.15, -0.1) is 0 Å². The number of benzene rings is 1. The van der Waals surface area contributed by atoms with E-state index in [4.69, 9.17) is 11.6 Å². The van der Waals surface area contributed by atoms with Gasteiger partial charge < -0.3 is 9.88 Å². The maximum absolute atomic E-state index is 12.6. The van der Waals surface area contributed by atoms with E-state index < -0.39 is 18.8 Å². The molecule has 9 heteroatoms. The third kappa shape index (κ3) is 5.75. The van der Waals surface area contributed by atoms with Crippen LogP contribution in [0.15, 0.2) is 36.7 Å². The molecular formula is C16H18ClF3N4O. The van der Waals surface area contributed by atoms with Crippen molar-refractivity contribution in [3.05, 3.63) is 47.5 Å². The second-order valence-electron chi connectivity index (χ2n) is 5.67.